The maximum absolute atomic E-state index is 2.34. The van der Waals surface area contributed by atoms with Crippen LogP contribution in [-0.2, 0) is 0 Å². The molecule has 0 atom stereocenters. The van der Waals surface area contributed by atoms with Crippen molar-refractivity contribution in [2.45, 2.75) is 13.8 Å². The minimum atomic E-state index is 0.584. The number of hydrogen-bond acceptors (Lipinski definition) is 0. The van der Waals surface area contributed by atoms with Crippen molar-refractivity contribution in [1.82, 2.24) is 0 Å². The Morgan fingerprint density at radius 2 is 1.61 bits per heavy atom. The molecule has 2 aromatic carbocycles. The van der Waals surface area contributed by atoms with Gasteiger partial charge in [0, 0.05) is 6.42 Å². The first kappa shape index (κ1) is 11.3. The lowest BCUT2D eigenvalue weighted by molar-refractivity contribution is 0.789. The summed E-state index contributed by atoms with van der Waals surface area (Å²) in [5.41, 5.74) is 6.77. The lowest BCUT2D eigenvalue weighted by atomic mass is 9.97. The van der Waals surface area contributed by atoms with Gasteiger partial charge >= 0.3 is 0 Å². The van der Waals surface area contributed by atoms with Gasteiger partial charge in [-0.25, -0.2) is 0 Å². The van der Waals surface area contributed by atoms with E-state index in [4.69, 9.17) is 0 Å². The average molecular weight is 233 g/mol. The molecule has 1 radical (unpaired) electrons. The van der Waals surface area contributed by atoms with Gasteiger partial charge in [0.1, 0.15) is 0 Å². The summed E-state index contributed by atoms with van der Waals surface area (Å²) in [5, 5.41) is 0. The zero-order valence-corrected chi connectivity index (χ0v) is 10.9. The van der Waals surface area contributed by atoms with E-state index in [0.717, 1.165) is 0 Å². The summed E-state index contributed by atoms with van der Waals surface area (Å²) >= 11 is 0. The summed E-state index contributed by atoms with van der Waals surface area (Å²) in [5.74, 6) is 0.584. The van der Waals surface area contributed by atoms with Crippen molar-refractivity contribution in [1.29, 1.82) is 0 Å². The Balaban J connectivity index is 2.12. The van der Waals surface area contributed by atoms with Crippen LogP contribution in [0.25, 0.3) is 17.2 Å². The topological polar surface area (TPSA) is 0 Å². The fourth-order valence-corrected chi connectivity index (χ4v) is 2.46. The van der Waals surface area contributed by atoms with Crippen molar-refractivity contribution in [3.05, 3.63) is 71.7 Å². The van der Waals surface area contributed by atoms with Gasteiger partial charge in [0.15, 0.2) is 0 Å². The van der Waals surface area contributed by atoms with Crippen LogP contribution in [0.5, 0.6) is 0 Å². The Bertz CT molecular complexity index is 589. The molecule has 89 valence electrons. The van der Waals surface area contributed by atoms with Crippen LogP contribution in [0.4, 0.5) is 0 Å². The Kier molecular flexibility index (Phi) is 2.79. The highest BCUT2D eigenvalue weighted by Crippen LogP contribution is 2.37. The molecule has 0 saturated heterocycles. The summed E-state index contributed by atoms with van der Waals surface area (Å²) in [4.78, 5) is 0. The molecule has 0 nitrogen and oxygen atoms in total. The summed E-state index contributed by atoms with van der Waals surface area (Å²) in [6.07, 6.45) is 4.65. The molecule has 1 aliphatic carbocycles. The fourth-order valence-electron chi connectivity index (χ4n) is 2.46. The zero-order valence-electron chi connectivity index (χ0n) is 10.9. The van der Waals surface area contributed by atoms with Crippen LogP contribution in [0.3, 0.4) is 0 Å². The summed E-state index contributed by atoms with van der Waals surface area (Å²) in [6.45, 7) is 4.49. The van der Waals surface area contributed by atoms with Gasteiger partial charge < -0.3 is 0 Å². The first-order chi connectivity index (χ1) is 8.75. The van der Waals surface area contributed by atoms with E-state index in [0.29, 0.717) is 5.92 Å². The molecule has 0 bridgehead atoms. The molecule has 0 spiro atoms. The van der Waals surface area contributed by atoms with E-state index in [1.165, 1.54) is 27.8 Å². The Hall–Kier alpha value is -1.82. The molecule has 0 unspecified atom stereocenters. The number of rotatable bonds is 2. The Morgan fingerprint density at radius 1 is 0.833 bits per heavy atom. The summed E-state index contributed by atoms with van der Waals surface area (Å²) in [7, 11) is 0. The average Bonchev–Trinajstić information content (AvgIpc) is 2.83. The molecule has 0 fully saturated rings. The maximum Gasteiger partial charge on any atom is 0.0167 e. The third-order valence-electron chi connectivity index (χ3n) is 3.52. The van der Waals surface area contributed by atoms with Crippen LogP contribution in [0.1, 0.15) is 25.0 Å². The first-order valence-corrected chi connectivity index (χ1v) is 6.50. The molecule has 18 heavy (non-hydrogen) atoms. The third-order valence-corrected chi connectivity index (χ3v) is 3.52. The highest BCUT2D eigenvalue weighted by Gasteiger charge is 2.18. The molecular weight excluding hydrogens is 216 g/mol. The lowest BCUT2D eigenvalue weighted by Crippen LogP contribution is -1.90. The van der Waals surface area contributed by atoms with Crippen LogP contribution in [0, 0.1) is 12.3 Å². The van der Waals surface area contributed by atoms with Crippen molar-refractivity contribution in [2.75, 3.05) is 0 Å². The second-order valence-corrected chi connectivity index (χ2v) is 5.12. The van der Waals surface area contributed by atoms with Crippen molar-refractivity contribution in [3.8, 4) is 11.1 Å². The third kappa shape index (κ3) is 1.88. The van der Waals surface area contributed by atoms with E-state index < -0.39 is 0 Å². The summed E-state index contributed by atoms with van der Waals surface area (Å²) in [6, 6.07) is 17.2. The molecule has 0 aromatic heterocycles. The van der Waals surface area contributed by atoms with Crippen molar-refractivity contribution < 1.29 is 0 Å². The number of fused-ring (bicyclic) bond motifs is 1. The van der Waals surface area contributed by atoms with Gasteiger partial charge in [-0.3, -0.25) is 0 Å². The van der Waals surface area contributed by atoms with Crippen LogP contribution >= 0.6 is 0 Å². The molecule has 0 aliphatic heterocycles. The normalized spacial score (nSPS) is 13.6. The fraction of sp³-hybridized carbons (Fsp3) is 0.167. The monoisotopic (exact) mass is 233 g/mol. The second kappa shape index (κ2) is 4.45. The SMILES string of the molecule is CC(C)C1=Cc2c(cccc2-c2ccccc2)[CH]1. The highest BCUT2D eigenvalue weighted by molar-refractivity contribution is 5.83. The van der Waals surface area contributed by atoms with Crippen LogP contribution in [0.2, 0.25) is 0 Å². The molecule has 0 N–H and O–H groups in total. The second-order valence-electron chi connectivity index (χ2n) is 5.12. The predicted molar refractivity (Wildman–Crippen MR) is 78.1 cm³/mol. The van der Waals surface area contributed by atoms with E-state index in [1.54, 1.807) is 0 Å². The van der Waals surface area contributed by atoms with Crippen LogP contribution < -0.4 is 0 Å². The maximum atomic E-state index is 2.34. The number of benzene rings is 2. The van der Waals surface area contributed by atoms with E-state index in [2.05, 4.69) is 74.9 Å². The largest absolute Gasteiger partial charge is 0.0622 e. The molecule has 1 aliphatic rings. The number of allylic oxidation sites excluding steroid dienone is 1. The van der Waals surface area contributed by atoms with E-state index in [9.17, 15) is 0 Å². The molecule has 2 aromatic rings. The van der Waals surface area contributed by atoms with Gasteiger partial charge in [-0.05, 0) is 28.2 Å². The van der Waals surface area contributed by atoms with Gasteiger partial charge in [-0.15, -0.1) is 0 Å². The predicted octanol–water partition coefficient (Wildman–Crippen LogP) is 4.96. The molecule has 0 heteroatoms. The van der Waals surface area contributed by atoms with Crippen LogP contribution in [0.15, 0.2) is 54.1 Å². The standard InChI is InChI=1S/C18H17/c1-13(2)16-11-15-9-6-10-17(18(15)12-16)14-7-4-3-5-8-14/h3-13H,1-2H3. The van der Waals surface area contributed by atoms with Crippen molar-refractivity contribution >= 4 is 6.08 Å². The molecule has 3 rings (SSSR count). The molecule has 0 heterocycles. The van der Waals surface area contributed by atoms with E-state index in [1.807, 2.05) is 0 Å². The highest BCUT2D eigenvalue weighted by atomic mass is 14.2. The van der Waals surface area contributed by atoms with E-state index in [-0.39, 0.29) is 0 Å². The quantitative estimate of drug-likeness (QED) is 0.687. The van der Waals surface area contributed by atoms with Crippen LogP contribution in [-0.4, -0.2) is 0 Å². The Labute approximate surface area is 109 Å². The van der Waals surface area contributed by atoms with Gasteiger partial charge in [0.2, 0.25) is 0 Å². The van der Waals surface area contributed by atoms with Gasteiger partial charge in [0.05, 0.1) is 0 Å². The minimum absolute atomic E-state index is 0.584. The summed E-state index contributed by atoms with van der Waals surface area (Å²) < 4.78 is 0. The van der Waals surface area contributed by atoms with Gasteiger partial charge in [-0.1, -0.05) is 74.0 Å². The lowest BCUT2D eigenvalue weighted by Gasteiger charge is -2.07. The minimum Gasteiger partial charge on any atom is -0.0622 e. The molecular formula is C18H17. The van der Waals surface area contributed by atoms with Gasteiger partial charge in [0.25, 0.3) is 0 Å². The smallest absolute Gasteiger partial charge is 0.0167 e. The number of hydrogen-bond donors (Lipinski definition) is 0. The van der Waals surface area contributed by atoms with Gasteiger partial charge in [-0.2, -0.15) is 0 Å². The molecule has 0 amide bonds. The van der Waals surface area contributed by atoms with Crippen molar-refractivity contribution in [3.63, 3.8) is 0 Å². The zero-order chi connectivity index (χ0) is 12.5. The first-order valence-electron chi connectivity index (χ1n) is 6.50. The molecule has 0 saturated carbocycles. The van der Waals surface area contributed by atoms with E-state index >= 15 is 0 Å². The van der Waals surface area contributed by atoms with Crippen molar-refractivity contribution in [2.24, 2.45) is 5.92 Å². The Morgan fingerprint density at radius 3 is 2.33 bits per heavy atom.